The molecule has 20 heavy (non-hydrogen) atoms. The third-order valence-electron chi connectivity index (χ3n) is 3.36. The molecule has 5 heteroatoms. The maximum atomic E-state index is 6.36. The molecular weight excluding hydrogens is 252 g/mol. The number of methoxy groups -OCH3 is 1. The number of aliphatic imine (C=N–C) groups is 1. The second-order valence-corrected chi connectivity index (χ2v) is 4.66. The molecule has 1 aliphatic heterocycles. The number of hydrogen-bond donors (Lipinski definition) is 3. The van der Waals surface area contributed by atoms with Crippen molar-refractivity contribution < 1.29 is 4.74 Å². The lowest BCUT2D eigenvalue weighted by Crippen LogP contribution is -2.47. The van der Waals surface area contributed by atoms with E-state index < -0.39 is 5.79 Å². The summed E-state index contributed by atoms with van der Waals surface area (Å²) in [4.78, 5) is 4.40. The molecule has 0 fully saturated rings. The Morgan fingerprint density at radius 2 is 1.80 bits per heavy atom. The van der Waals surface area contributed by atoms with Crippen LogP contribution in [-0.4, -0.2) is 12.9 Å². The smallest absolute Gasteiger partial charge is 0.211 e. The summed E-state index contributed by atoms with van der Waals surface area (Å²) in [5.41, 5.74) is 14.9. The summed E-state index contributed by atoms with van der Waals surface area (Å²) in [5, 5.41) is 3.23. The molecule has 1 heterocycles. The van der Waals surface area contributed by atoms with Crippen molar-refractivity contribution in [3.05, 3.63) is 59.7 Å². The normalized spacial score (nSPS) is 20.6. The molecule has 0 spiro atoms. The van der Waals surface area contributed by atoms with Crippen LogP contribution in [0.3, 0.4) is 0 Å². The maximum Gasteiger partial charge on any atom is 0.211 e. The molecule has 102 valence electrons. The number of nitrogens with two attached hydrogens (primary N) is 2. The Morgan fingerprint density at radius 3 is 2.50 bits per heavy atom. The lowest BCUT2D eigenvalue weighted by molar-refractivity contribution is 0.414. The van der Waals surface area contributed by atoms with Crippen LogP contribution in [0.1, 0.15) is 11.1 Å². The van der Waals surface area contributed by atoms with Crippen LogP contribution in [0.5, 0.6) is 5.75 Å². The Hall–Kier alpha value is -2.53. The first-order valence-corrected chi connectivity index (χ1v) is 6.29. The number of benzene rings is 2. The van der Waals surface area contributed by atoms with Crippen LogP contribution in [0, 0.1) is 0 Å². The predicted molar refractivity (Wildman–Crippen MR) is 79.6 cm³/mol. The highest BCUT2D eigenvalue weighted by Crippen LogP contribution is 2.30. The van der Waals surface area contributed by atoms with Gasteiger partial charge in [0.15, 0.2) is 0 Å². The van der Waals surface area contributed by atoms with Gasteiger partial charge in [-0.3, -0.25) is 5.73 Å². The summed E-state index contributed by atoms with van der Waals surface area (Å²) in [5.74, 6) is 0.133. The van der Waals surface area contributed by atoms with Gasteiger partial charge in [0.1, 0.15) is 11.6 Å². The topological polar surface area (TPSA) is 85.7 Å². The van der Waals surface area contributed by atoms with E-state index in [1.807, 2.05) is 48.5 Å². The van der Waals surface area contributed by atoms with Gasteiger partial charge in [-0.1, -0.05) is 12.1 Å². The molecule has 0 radical (unpaired) electrons. The van der Waals surface area contributed by atoms with Crippen LogP contribution in [0.4, 0.5) is 5.69 Å². The van der Waals surface area contributed by atoms with Gasteiger partial charge in [-0.15, -0.1) is 0 Å². The third kappa shape index (κ3) is 1.98. The van der Waals surface area contributed by atoms with Gasteiger partial charge >= 0.3 is 0 Å². The van der Waals surface area contributed by atoms with E-state index in [0.29, 0.717) is 5.84 Å². The molecule has 1 aliphatic rings. The van der Waals surface area contributed by atoms with Crippen molar-refractivity contribution >= 4 is 11.5 Å². The van der Waals surface area contributed by atoms with Crippen LogP contribution >= 0.6 is 0 Å². The van der Waals surface area contributed by atoms with Crippen molar-refractivity contribution in [2.75, 3.05) is 12.4 Å². The first-order valence-electron chi connectivity index (χ1n) is 6.29. The zero-order valence-electron chi connectivity index (χ0n) is 11.1. The number of nitrogens with one attached hydrogen (secondary N) is 1. The molecule has 0 bridgehead atoms. The van der Waals surface area contributed by atoms with Gasteiger partial charge in [-0.05, 0) is 36.4 Å². The fourth-order valence-corrected chi connectivity index (χ4v) is 2.28. The number of hydrogen-bond acceptors (Lipinski definition) is 5. The highest BCUT2D eigenvalue weighted by molar-refractivity contribution is 6.04. The van der Waals surface area contributed by atoms with Crippen molar-refractivity contribution in [3.8, 4) is 5.75 Å². The minimum absolute atomic E-state index is 0.428. The zero-order chi connectivity index (χ0) is 14.2. The van der Waals surface area contributed by atoms with Gasteiger partial charge in [0.25, 0.3) is 0 Å². The lowest BCUT2D eigenvalue weighted by Gasteiger charge is -2.33. The summed E-state index contributed by atoms with van der Waals surface area (Å²) < 4.78 is 5.15. The predicted octanol–water partition coefficient (Wildman–Crippen LogP) is 1.60. The van der Waals surface area contributed by atoms with Crippen molar-refractivity contribution in [3.63, 3.8) is 0 Å². The van der Waals surface area contributed by atoms with Gasteiger partial charge in [0.05, 0.1) is 7.11 Å². The van der Waals surface area contributed by atoms with Crippen molar-refractivity contribution in [2.24, 2.45) is 16.5 Å². The monoisotopic (exact) mass is 268 g/mol. The molecule has 2 aromatic carbocycles. The largest absolute Gasteiger partial charge is 0.497 e. The van der Waals surface area contributed by atoms with E-state index in [4.69, 9.17) is 16.2 Å². The summed E-state index contributed by atoms with van der Waals surface area (Å²) in [6, 6.07) is 15.1. The Labute approximate surface area is 117 Å². The Bertz CT molecular complexity index is 666. The van der Waals surface area contributed by atoms with Crippen molar-refractivity contribution in [1.29, 1.82) is 0 Å². The zero-order valence-corrected chi connectivity index (χ0v) is 11.1. The fourth-order valence-electron chi connectivity index (χ4n) is 2.28. The second-order valence-electron chi connectivity index (χ2n) is 4.66. The highest BCUT2D eigenvalue weighted by Gasteiger charge is 2.31. The molecule has 5 N–H and O–H groups in total. The molecule has 2 aromatic rings. The number of fused-ring (bicyclic) bond motifs is 1. The average molecular weight is 268 g/mol. The number of nitrogens with zero attached hydrogens (tertiary/aromatic N) is 1. The van der Waals surface area contributed by atoms with E-state index >= 15 is 0 Å². The Kier molecular flexibility index (Phi) is 2.84. The van der Waals surface area contributed by atoms with Crippen molar-refractivity contribution in [1.82, 2.24) is 0 Å². The van der Waals surface area contributed by atoms with E-state index in [1.54, 1.807) is 7.11 Å². The molecule has 0 aromatic heterocycles. The first kappa shape index (κ1) is 12.5. The van der Waals surface area contributed by atoms with Crippen LogP contribution in [0.25, 0.3) is 0 Å². The number of para-hydroxylation sites is 1. The Balaban J connectivity index is 2.03. The summed E-state index contributed by atoms with van der Waals surface area (Å²) >= 11 is 0. The molecular formula is C15H16N4O. The lowest BCUT2D eigenvalue weighted by atomic mass is 10.0. The molecule has 0 saturated heterocycles. The summed E-state index contributed by atoms with van der Waals surface area (Å²) in [6.07, 6.45) is 0. The second kappa shape index (κ2) is 4.54. The first-order chi connectivity index (χ1) is 9.62. The number of ether oxygens (including phenoxy) is 1. The molecule has 1 unspecified atom stereocenters. The molecule has 1 atom stereocenters. The Morgan fingerprint density at radius 1 is 1.10 bits per heavy atom. The molecule has 3 rings (SSSR count). The number of rotatable bonds is 2. The molecule has 5 nitrogen and oxygen atoms in total. The van der Waals surface area contributed by atoms with Gasteiger partial charge in [0.2, 0.25) is 5.79 Å². The van der Waals surface area contributed by atoms with Crippen molar-refractivity contribution in [2.45, 2.75) is 5.79 Å². The van der Waals surface area contributed by atoms with E-state index in [0.717, 1.165) is 22.6 Å². The van der Waals surface area contributed by atoms with Gasteiger partial charge in [-0.25, -0.2) is 4.99 Å². The quantitative estimate of drug-likeness (QED) is 0.772. The van der Waals surface area contributed by atoms with Crippen LogP contribution < -0.4 is 21.5 Å². The summed E-state index contributed by atoms with van der Waals surface area (Å²) in [7, 11) is 1.62. The number of amidine groups is 1. The minimum Gasteiger partial charge on any atom is -0.497 e. The van der Waals surface area contributed by atoms with Gasteiger partial charge < -0.3 is 15.8 Å². The van der Waals surface area contributed by atoms with E-state index in [1.165, 1.54) is 0 Å². The van der Waals surface area contributed by atoms with Crippen LogP contribution in [-0.2, 0) is 5.79 Å². The SMILES string of the molecule is COc1ccc(C2(N)N=C(N)c3ccccc3N2)cc1. The highest BCUT2D eigenvalue weighted by atomic mass is 16.5. The molecule has 0 aliphatic carbocycles. The molecule has 0 saturated carbocycles. The van der Waals surface area contributed by atoms with E-state index in [-0.39, 0.29) is 0 Å². The van der Waals surface area contributed by atoms with Crippen LogP contribution in [0.2, 0.25) is 0 Å². The van der Waals surface area contributed by atoms with E-state index in [9.17, 15) is 0 Å². The third-order valence-corrected chi connectivity index (χ3v) is 3.36. The van der Waals surface area contributed by atoms with Crippen LogP contribution in [0.15, 0.2) is 53.5 Å². The van der Waals surface area contributed by atoms with E-state index in [2.05, 4.69) is 10.3 Å². The van der Waals surface area contributed by atoms with Gasteiger partial charge in [0, 0.05) is 16.8 Å². The molecule has 0 amide bonds. The number of anilines is 1. The average Bonchev–Trinajstić information content (AvgIpc) is 2.47. The fraction of sp³-hybridized carbons (Fsp3) is 0.133. The summed E-state index contributed by atoms with van der Waals surface area (Å²) in [6.45, 7) is 0. The standard InChI is InChI=1S/C15H16N4O/c1-20-11-8-6-10(7-9-11)15(17)18-13-5-3-2-4-12(13)14(16)19-15/h2-9,18H,17H2,1H3,(H2,16,19). The minimum atomic E-state index is -1.06. The maximum absolute atomic E-state index is 6.36. The van der Waals surface area contributed by atoms with Gasteiger partial charge in [-0.2, -0.15) is 0 Å².